The Kier molecular flexibility index (Phi) is 5.98. The quantitative estimate of drug-likeness (QED) is 0.311. The minimum atomic E-state index is -5.17. The van der Waals surface area contributed by atoms with Gasteiger partial charge in [0.05, 0.1) is 5.02 Å². The van der Waals surface area contributed by atoms with Crippen LogP contribution in [0, 0.1) is 0 Å². The van der Waals surface area contributed by atoms with Crippen molar-refractivity contribution in [2.75, 3.05) is 0 Å². The molecule has 3 aromatic rings. The fourth-order valence-corrected chi connectivity index (χ4v) is 5.88. The van der Waals surface area contributed by atoms with Crippen LogP contribution in [-0.4, -0.2) is 23.2 Å². The Bertz CT molecular complexity index is 1210. The minimum absolute atomic E-state index is 0.0602. The third kappa shape index (κ3) is 3.54. The van der Waals surface area contributed by atoms with E-state index in [0.29, 0.717) is 0 Å². The second-order valence-corrected chi connectivity index (χ2v) is 9.24. The van der Waals surface area contributed by atoms with E-state index in [9.17, 15) is 23.2 Å². The van der Waals surface area contributed by atoms with Gasteiger partial charge in [0.1, 0.15) is 11.5 Å². The summed E-state index contributed by atoms with van der Waals surface area (Å²) >= 11 is 24.8. The van der Waals surface area contributed by atoms with Crippen molar-refractivity contribution in [1.82, 2.24) is 0 Å². The van der Waals surface area contributed by atoms with Gasteiger partial charge in [-0.15, -0.1) is 0 Å². The van der Waals surface area contributed by atoms with Gasteiger partial charge < -0.3 is 10.2 Å². The Morgan fingerprint density at radius 2 is 1.41 bits per heavy atom. The van der Waals surface area contributed by atoms with Crippen LogP contribution in [0.25, 0.3) is 0 Å². The zero-order valence-electron chi connectivity index (χ0n) is 14.3. The number of rotatable bonds is 4. The van der Waals surface area contributed by atoms with Crippen molar-refractivity contribution in [3.8, 4) is 11.5 Å². The van der Waals surface area contributed by atoms with Crippen LogP contribution in [0.5, 0.6) is 11.5 Å². The Hall–Kier alpha value is -1.67. The van der Waals surface area contributed by atoms with Crippen LogP contribution >= 0.6 is 46.4 Å². The average molecular weight is 494 g/mol. The maximum Gasteiger partial charge on any atom is 0.283 e. The Morgan fingerprint density at radius 1 is 0.759 bits per heavy atom. The lowest BCUT2D eigenvalue weighted by Gasteiger charge is -2.35. The third-order valence-electron chi connectivity index (χ3n) is 4.40. The zero-order valence-corrected chi connectivity index (χ0v) is 18.1. The average Bonchev–Trinajstić information content (AvgIpc) is 2.62. The van der Waals surface area contributed by atoms with E-state index >= 15 is 0 Å². The lowest BCUT2D eigenvalue weighted by Crippen LogP contribution is -2.39. The molecule has 0 heterocycles. The van der Waals surface area contributed by atoms with Crippen molar-refractivity contribution in [2.45, 2.75) is 4.75 Å². The first-order valence-corrected chi connectivity index (χ1v) is 10.9. The molecule has 0 fully saturated rings. The van der Waals surface area contributed by atoms with Gasteiger partial charge in [-0.3, -0.25) is 4.55 Å². The second kappa shape index (κ2) is 7.87. The topological polar surface area (TPSA) is 94.8 Å². The van der Waals surface area contributed by atoms with E-state index in [2.05, 4.69) is 0 Å². The molecule has 3 N–H and O–H groups in total. The van der Waals surface area contributed by atoms with Gasteiger partial charge in [0.15, 0.2) is 4.75 Å². The second-order valence-electron chi connectivity index (χ2n) is 6.05. The summed E-state index contributed by atoms with van der Waals surface area (Å²) in [5.74, 6) is -1.05. The molecule has 0 aliphatic heterocycles. The van der Waals surface area contributed by atoms with Crippen molar-refractivity contribution in [1.29, 1.82) is 0 Å². The summed E-state index contributed by atoms with van der Waals surface area (Å²) in [6.45, 7) is 0. The van der Waals surface area contributed by atoms with Crippen molar-refractivity contribution in [3.05, 3.63) is 91.4 Å². The van der Waals surface area contributed by atoms with Crippen LogP contribution in [0.4, 0.5) is 0 Å². The van der Waals surface area contributed by atoms with Gasteiger partial charge in [0.25, 0.3) is 10.1 Å². The van der Waals surface area contributed by atoms with Crippen molar-refractivity contribution in [2.24, 2.45) is 0 Å². The molecule has 3 rings (SSSR count). The molecule has 1 atom stereocenters. The molecular formula is C19H12Cl4O5S. The number of halogens is 4. The summed E-state index contributed by atoms with van der Waals surface area (Å²) in [7, 11) is -5.17. The smallest absolute Gasteiger partial charge is 0.283 e. The van der Waals surface area contributed by atoms with E-state index in [4.69, 9.17) is 46.4 Å². The lowest BCUT2D eigenvalue weighted by atomic mass is 9.83. The van der Waals surface area contributed by atoms with E-state index in [1.54, 1.807) is 6.07 Å². The first-order valence-electron chi connectivity index (χ1n) is 7.90. The van der Waals surface area contributed by atoms with Gasteiger partial charge >= 0.3 is 0 Å². The number of aromatic hydroxyl groups is 2. The molecule has 0 radical (unpaired) electrons. The molecule has 0 aliphatic rings. The summed E-state index contributed by atoms with van der Waals surface area (Å²) in [6, 6.07) is 11.8. The number of phenols is 2. The highest BCUT2D eigenvalue weighted by Crippen LogP contribution is 2.54. The molecule has 152 valence electrons. The third-order valence-corrected chi connectivity index (χ3v) is 7.08. The molecular weight excluding hydrogens is 482 g/mol. The molecule has 10 heteroatoms. The molecule has 3 aromatic carbocycles. The van der Waals surface area contributed by atoms with Crippen molar-refractivity contribution in [3.63, 3.8) is 0 Å². The predicted octanol–water partition coefficient (Wildman–Crippen LogP) is 5.89. The van der Waals surface area contributed by atoms with Crippen LogP contribution in [0.2, 0.25) is 20.1 Å². The van der Waals surface area contributed by atoms with E-state index in [1.807, 2.05) is 0 Å². The zero-order chi connectivity index (χ0) is 21.6. The normalized spacial score (nSPS) is 13.8. The standard InChI is InChI=1S/C19H12Cl4O5S/c20-10-5-6-12(16(25)9-10)19(29(26,27)28,11-3-1-2-4-13(11)21)17-14(22)7-8-15(24)18(17)23/h1-9,24-25H,(H,26,27,28). The lowest BCUT2D eigenvalue weighted by molar-refractivity contribution is 0.439. The summed E-state index contributed by atoms with van der Waals surface area (Å²) < 4.78 is 34.0. The predicted molar refractivity (Wildman–Crippen MR) is 114 cm³/mol. The van der Waals surface area contributed by atoms with E-state index in [0.717, 1.165) is 12.1 Å². The highest BCUT2D eigenvalue weighted by atomic mass is 35.5. The fraction of sp³-hybridized carbons (Fsp3) is 0.0526. The van der Waals surface area contributed by atoms with Gasteiger partial charge in [0, 0.05) is 31.8 Å². The molecule has 0 amide bonds. The molecule has 0 spiro atoms. The number of hydrogen-bond acceptors (Lipinski definition) is 4. The van der Waals surface area contributed by atoms with E-state index in [1.165, 1.54) is 36.4 Å². The van der Waals surface area contributed by atoms with Crippen LogP contribution in [-0.2, 0) is 14.9 Å². The SMILES string of the molecule is O=S(=O)(O)C(c1ccc(Cl)cc1O)(c1ccccc1Cl)c1c(Cl)ccc(O)c1Cl. The Labute approximate surface area is 186 Å². The van der Waals surface area contributed by atoms with Gasteiger partial charge in [0.2, 0.25) is 0 Å². The van der Waals surface area contributed by atoms with E-state index < -0.39 is 31.4 Å². The number of benzene rings is 3. The summed E-state index contributed by atoms with van der Waals surface area (Å²) in [5.41, 5.74) is -0.836. The van der Waals surface area contributed by atoms with Gasteiger partial charge in [-0.2, -0.15) is 8.42 Å². The van der Waals surface area contributed by atoms with Crippen LogP contribution in [0.3, 0.4) is 0 Å². The largest absolute Gasteiger partial charge is 0.508 e. The van der Waals surface area contributed by atoms with Crippen molar-refractivity contribution >= 4 is 56.5 Å². The first-order chi connectivity index (χ1) is 13.5. The molecule has 0 saturated heterocycles. The number of phenolic OH excluding ortho intramolecular Hbond substituents is 2. The fourth-order valence-electron chi connectivity index (χ4n) is 3.23. The van der Waals surface area contributed by atoms with Crippen LogP contribution in [0.15, 0.2) is 54.6 Å². The monoisotopic (exact) mass is 492 g/mol. The minimum Gasteiger partial charge on any atom is -0.508 e. The summed E-state index contributed by atoms with van der Waals surface area (Å²) in [5, 5.41) is 20.2. The van der Waals surface area contributed by atoms with Crippen LogP contribution < -0.4 is 0 Å². The van der Waals surface area contributed by atoms with Gasteiger partial charge in [-0.1, -0.05) is 70.7 Å². The maximum absolute atomic E-state index is 13.0. The van der Waals surface area contributed by atoms with E-state index in [-0.39, 0.29) is 31.8 Å². The molecule has 0 bridgehead atoms. The Morgan fingerprint density at radius 3 is 2.00 bits per heavy atom. The summed E-state index contributed by atoms with van der Waals surface area (Å²) in [4.78, 5) is 0. The highest BCUT2D eigenvalue weighted by molar-refractivity contribution is 7.87. The van der Waals surface area contributed by atoms with Crippen LogP contribution in [0.1, 0.15) is 16.7 Å². The molecule has 0 saturated carbocycles. The molecule has 5 nitrogen and oxygen atoms in total. The molecule has 1 unspecified atom stereocenters. The van der Waals surface area contributed by atoms with Gasteiger partial charge in [-0.05, 0) is 30.3 Å². The molecule has 0 aliphatic carbocycles. The number of hydrogen-bond donors (Lipinski definition) is 3. The molecule has 29 heavy (non-hydrogen) atoms. The first kappa shape index (κ1) is 22.0. The Balaban J connectivity index is 2.68. The van der Waals surface area contributed by atoms with Gasteiger partial charge in [-0.25, -0.2) is 0 Å². The van der Waals surface area contributed by atoms with Crippen molar-refractivity contribution < 1.29 is 23.2 Å². The highest BCUT2D eigenvalue weighted by Gasteiger charge is 2.53. The summed E-state index contributed by atoms with van der Waals surface area (Å²) in [6.07, 6.45) is 0. The maximum atomic E-state index is 13.0. The molecule has 0 aromatic heterocycles.